The van der Waals surface area contributed by atoms with Crippen LogP contribution >= 0.6 is 15.9 Å². The highest BCUT2D eigenvalue weighted by molar-refractivity contribution is 9.10. The summed E-state index contributed by atoms with van der Waals surface area (Å²) in [5, 5.41) is 0. The molecule has 1 unspecified atom stereocenters. The van der Waals surface area contributed by atoms with Gasteiger partial charge in [-0.05, 0) is 31.0 Å². The summed E-state index contributed by atoms with van der Waals surface area (Å²) in [5.74, 6) is -0.848. The molecule has 0 N–H and O–H groups in total. The number of hydrogen-bond acceptors (Lipinski definition) is 4. The predicted molar refractivity (Wildman–Crippen MR) is 97.5 cm³/mol. The molecule has 5 nitrogen and oxygen atoms in total. The van der Waals surface area contributed by atoms with Crippen LogP contribution < -0.4 is 0 Å². The van der Waals surface area contributed by atoms with E-state index in [1.165, 1.54) is 12.3 Å². The number of rotatable bonds is 2. The number of benzene rings is 1. The van der Waals surface area contributed by atoms with Crippen LogP contribution in [0.4, 0.5) is 4.39 Å². The van der Waals surface area contributed by atoms with Crippen molar-refractivity contribution >= 4 is 27.8 Å². The van der Waals surface area contributed by atoms with Crippen LogP contribution in [0.2, 0.25) is 0 Å². The Kier molecular flexibility index (Phi) is 3.50. The first-order valence-corrected chi connectivity index (χ1v) is 9.67. The number of carbonyl (C=O) groups is 2. The minimum atomic E-state index is -0.806. The van der Waals surface area contributed by atoms with E-state index in [1.54, 1.807) is 29.3 Å². The molecule has 1 saturated heterocycles. The van der Waals surface area contributed by atoms with E-state index in [-0.39, 0.29) is 11.7 Å². The number of halogens is 2. The second kappa shape index (κ2) is 5.61. The normalized spacial score (nSPS) is 24.8. The average Bonchev–Trinajstić information content (AvgIpc) is 3.27. The summed E-state index contributed by atoms with van der Waals surface area (Å²) >= 11 is 3.26. The molecule has 1 aromatic carbocycles. The lowest BCUT2D eigenvalue weighted by Crippen LogP contribution is -2.40. The molecule has 5 rings (SSSR count). The first-order chi connectivity index (χ1) is 13.0. The molecule has 1 aromatic heterocycles. The SMILES string of the molecule is O=C1OC2(CCN(C(=O)C3(c4ccc(Br)cc4F)CC3)C2)c2ccncc21. The molecule has 7 heteroatoms. The minimum Gasteiger partial charge on any atom is -0.449 e. The van der Waals surface area contributed by atoms with Gasteiger partial charge >= 0.3 is 5.97 Å². The Balaban J connectivity index is 1.44. The van der Waals surface area contributed by atoms with Gasteiger partial charge in [-0.25, -0.2) is 9.18 Å². The zero-order valence-electron chi connectivity index (χ0n) is 14.4. The van der Waals surface area contributed by atoms with Crippen molar-refractivity contribution in [1.82, 2.24) is 9.88 Å². The van der Waals surface area contributed by atoms with Crippen LogP contribution in [-0.4, -0.2) is 34.8 Å². The maximum Gasteiger partial charge on any atom is 0.341 e. The van der Waals surface area contributed by atoms with E-state index in [4.69, 9.17) is 4.74 Å². The summed E-state index contributed by atoms with van der Waals surface area (Å²) in [6, 6.07) is 6.64. The van der Waals surface area contributed by atoms with Gasteiger partial charge in [-0.1, -0.05) is 22.0 Å². The molecule has 2 aliphatic heterocycles. The zero-order chi connectivity index (χ0) is 18.8. The van der Waals surface area contributed by atoms with Gasteiger partial charge in [-0.3, -0.25) is 9.78 Å². The number of ether oxygens (including phenoxy) is 1. The Hall–Kier alpha value is -2.28. The highest BCUT2D eigenvalue weighted by Crippen LogP contribution is 2.52. The van der Waals surface area contributed by atoms with Gasteiger partial charge in [0.15, 0.2) is 5.60 Å². The number of pyridine rings is 1. The maximum atomic E-state index is 14.5. The molecule has 1 amide bonds. The summed E-state index contributed by atoms with van der Waals surface area (Å²) in [6.45, 7) is 0.780. The molecule has 3 heterocycles. The Labute approximate surface area is 163 Å². The fraction of sp³-hybridized carbons (Fsp3) is 0.350. The van der Waals surface area contributed by atoms with Crippen molar-refractivity contribution < 1.29 is 18.7 Å². The molecule has 1 aliphatic carbocycles. The second-order valence-corrected chi connectivity index (χ2v) is 8.40. The van der Waals surface area contributed by atoms with Gasteiger partial charge in [-0.15, -0.1) is 0 Å². The van der Waals surface area contributed by atoms with E-state index in [0.29, 0.717) is 48.0 Å². The molecule has 0 bridgehead atoms. The van der Waals surface area contributed by atoms with Crippen LogP contribution in [0.5, 0.6) is 0 Å². The first-order valence-electron chi connectivity index (χ1n) is 8.88. The van der Waals surface area contributed by atoms with Gasteiger partial charge in [0.2, 0.25) is 5.91 Å². The van der Waals surface area contributed by atoms with Crippen molar-refractivity contribution in [3.63, 3.8) is 0 Å². The lowest BCUT2D eigenvalue weighted by atomic mass is 9.92. The third kappa shape index (κ3) is 2.37. The predicted octanol–water partition coefficient (Wildman–Crippen LogP) is 3.31. The molecule has 1 atom stereocenters. The molecule has 1 saturated carbocycles. The molecule has 1 spiro atoms. The second-order valence-electron chi connectivity index (χ2n) is 7.49. The van der Waals surface area contributed by atoms with Crippen molar-refractivity contribution in [3.05, 3.63) is 63.6 Å². The lowest BCUT2D eigenvalue weighted by Gasteiger charge is -2.27. The molecule has 27 heavy (non-hydrogen) atoms. The zero-order valence-corrected chi connectivity index (χ0v) is 16.0. The number of carbonyl (C=O) groups excluding carboxylic acids is 2. The summed E-state index contributed by atoms with van der Waals surface area (Å²) in [4.78, 5) is 31.2. The molecule has 138 valence electrons. The van der Waals surface area contributed by atoms with Gasteiger partial charge in [0.05, 0.1) is 17.5 Å². The van der Waals surface area contributed by atoms with Crippen LogP contribution in [0.3, 0.4) is 0 Å². The number of likely N-dealkylation sites (tertiary alicyclic amines) is 1. The minimum absolute atomic E-state index is 0.0841. The molecule has 2 aromatic rings. The Bertz CT molecular complexity index is 991. The van der Waals surface area contributed by atoms with Crippen LogP contribution in [-0.2, 0) is 20.5 Å². The third-order valence-corrected chi connectivity index (χ3v) is 6.44. The van der Waals surface area contributed by atoms with Crippen molar-refractivity contribution in [2.45, 2.75) is 30.3 Å². The standard InChI is InChI=1S/C20H16BrFN2O3/c21-12-1-2-15(16(22)9-12)19(4-5-19)18(26)24-8-6-20(11-24)14-3-7-23-10-13(14)17(25)27-20/h1-3,7,9-10H,4-6,8,11H2. The third-order valence-electron chi connectivity index (χ3n) is 5.95. The fourth-order valence-corrected chi connectivity index (χ4v) is 4.74. The number of amides is 1. The number of hydrogen-bond donors (Lipinski definition) is 0. The van der Waals surface area contributed by atoms with Crippen LogP contribution in [0.1, 0.15) is 40.7 Å². The number of aromatic nitrogens is 1. The maximum absolute atomic E-state index is 14.5. The van der Waals surface area contributed by atoms with Crippen molar-refractivity contribution in [2.75, 3.05) is 13.1 Å². The van der Waals surface area contributed by atoms with Crippen LogP contribution in [0.15, 0.2) is 41.1 Å². The van der Waals surface area contributed by atoms with E-state index >= 15 is 0 Å². The van der Waals surface area contributed by atoms with Crippen molar-refractivity contribution in [3.8, 4) is 0 Å². The van der Waals surface area contributed by atoms with E-state index in [9.17, 15) is 14.0 Å². The Morgan fingerprint density at radius 2 is 2.04 bits per heavy atom. The quantitative estimate of drug-likeness (QED) is 0.685. The van der Waals surface area contributed by atoms with Gasteiger partial charge in [0, 0.05) is 41.0 Å². The lowest BCUT2D eigenvalue weighted by molar-refractivity contribution is -0.134. The summed E-state index contributed by atoms with van der Waals surface area (Å²) in [5.41, 5.74) is 0.105. The summed E-state index contributed by atoms with van der Waals surface area (Å²) in [7, 11) is 0. The largest absolute Gasteiger partial charge is 0.449 e. The average molecular weight is 431 g/mol. The van der Waals surface area contributed by atoms with Gasteiger partial charge in [-0.2, -0.15) is 0 Å². The van der Waals surface area contributed by atoms with E-state index in [0.717, 1.165) is 5.56 Å². The van der Waals surface area contributed by atoms with Crippen molar-refractivity contribution in [2.24, 2.45) is 0 Å². The van der Waals surface area contributed by atoms with E-state index < -0.39 is 17.0 Å². The Morgan fingerprint density at radius 1 is 1.22 bits per heavy atom. The number of esters is 1. The van der Waals surface area contributed by atoms with Crippen LogP contribution in [0.25, 0.3) is 0 Å². The molecule has 0 radical (unpaired) electrons. The molecular formula is C20H16BrFN2O3. The van der Waals surface area contributed by atoms with E-state index in [1.807, 2.05) is 0 Å². The molecular weight excluding hydrogens is 415 g/mol. The van der Waals surface area contributed by atoms with Crippen molar-refractivity contribution in [1.29, 1.82) is 0 Å². The molecule has 3 aliphatic rings. The molecule has 2 fully saturated rings. The Morgan fingerprint density at radius 3 is 2.78 bits per heavy atom. The fourth-order valence-electron chi connectivity index (χ4n) is 4.40. The summed E-state index contributed by atoms with van der Waals surface area (Å²) < 4.78 is 20.8. The van der Waals surface area contributed by atoms with Gasteiger partial charge in [0.1, 0.15) is 5.82 Å². The van der Waals surface area contributed by atoms with E-state index in [2.05, 4.69) is 20.9 Å². The van der Waals surface area contributed by atoms with Gasteiger partial charge < -0.3 is 9.64 Å². The highest BCUT2D eigenvalue weighted by atomic mass is 79.9. The number of fused-ring (bicyclic) bond motifs is 2. The number of nitrogens with zero attached hydrogens (tertiary/aromatic N) is 2. The first kappa shape index (κ1) is 16.9. The van der Waals surface area contributed by atoms with Gasteiger partial charge in [0.25, 0.3) is 0 Å². The monoisotopic (exact) mass is 430 g/mol. The topological polar surface area (TPSA) is 59.5 Å². The van der Waals surface area contributed by atoms with Crippen LogP contribution in [0, 0.1) is 5.82 Å². The smallest absolute Gasteiger partial charge is 0.341 e. The summed E-state index contributed by atoms with van der Waals surface area (Å²) in [6.07, 6.45) is 4.95. The highest BCUT2D eigenvalue weighted by Gasteiger charge is 2.58.